The summed E-state index contributed by atoms with van der Waals surface area (Å²) in [6, 6.07) is 11.6. The molecule has 2 aromatic heterocycles. The monoisotopic (exact) mass is 371 g/mol. The van der Waals surface area contributed by atoms with Gasteiger partial charge in [-0.15, -0.1) is 10.2 Å². The summed E-state index contributed by atoms with van der Waals surface area (Å²) in [5.41, 5.74) is 0.885. The van der Waals surface area contributed by atoms with Crippen LogP contribution in [0.4, 0.5) is 10.1 Å². The number of aromatic nitrogens is 4. The van der Waals surface area contributed by atoms with E-state index in [1.165, 1.54) is 18.2 Å². The van der Waals surface area contributed by atoms with Gasteiger partial charge < -0.3 is 5.32 Å². The van der Waals surface area contributed by atoms with Crippen LogP contribution in [0.1, 0.15) is 12.7 Å². The minimum atomic E-state index is -0.404. The summed E-state index contributed by atoms with van der Waals surface area (Å²) >= 11 is 5.93. The van der Waals surface area contributed by atoms with Crippen LogP contribution in [0.25, 0.3) is 16.7 Å². The van der Waals surface area contributed by atoms with Crippen molar-refractivity contribution >= 4 is 34.0 Å². The first-order valence-electron chi connectivity index (χ1n) is 8.14. The van der Waals surface area contributed by atoms with E-state index in [0.717, 1.165) is 0 Å². The second-order valence-electron chi connectivity index (χ2n) is 5.80. The number of hydrogen-bond donors (Lipinski definition) is 1. The molecule has 0 unspecified atom stereocenters. The van der Waals surface area contributed by atoms with Gasteiger partial charge in [-0.05, 0) is 37.3 Å². The maximum atomic E-state index is 13.9. The molecule has 1 N–H and O–H groups in total. The normalized spacial score (nSPS) is 11.3. The average molecular weight is 372 g/mol. The molecule has 2 heterocycles. The lowest BCUT2D eigenvalue weighted by Gasteiger charge is -2.11. The molecule has 4 rings (SSSR count). The van der Waals surface area contributed by atoms with Crippen LogP contribution in [0, 0.1) is 5.82 Å². The summed E-state index contributed by atoms with van der Waals surface area (Å²) in [4.78, 5) is 12.6. The van der Waals surface area contributed by atoms with E-state index in [9.17, 15) is 9.18 Å². The number of hydrogen-bond acceptors (Lipinski definition) is 4. The molecule has 0 bridgehead atoms. The largest absolute Gasteiger partial charge is 0.375 e. The number of rotatable bonds is 4. The van der Waals surface area contributed by atoms with Crippen molar-refractivity contribution in [3.05, 3.63) is 69.5 Å². The van der Waals surface area contributed by atoms with E-state index in [1.54, 1.807) is 10.6 Å². The van der Waals surface area contributed by atoms with Gasteiger partial charge >= 0.3 is 0 Å². The van der Waals surface area contributed by atoms with Crippen molar-refractivity contribution in [1.82, 2.24) is 19.2 Å². The highest BCUT2D eigenvalue weighted by molar-refractivity contribution is 6.30. The lowest BCUT2D eigenvalue weighted by molar-refractivity contribution is 0.629. The van der Waals surface area contributed by atoms with E-state index in [2.05, 4.69) is 15.5 Å². The molecule has 0 radical (unpaired) electrons. The summed E-state index contributed by atoms with van der Waals surface area (Å²) in [6.45, 7) is 2.58. The lowest BCUT2D eigenvalue weighted by atomic mass is 10.2. The zero-order valence-corrected chi connectivity index (χ0v) is 14.7. The maximum absolute atomic E-state index is 13.9. The highest BCUT2D eigenvalue weighted by Gasteiger charge is 2.15. The highest BCUT2D eigenvalue weighted by Crippen LogP contribution is 2.21. The Balaban J connectivity index is 1.85. The van der Waals surface area contributed by atoms with Crippen LogP contribution in [-0.4, -0.2) is 19.2 Å². The Morgan fingerprint density at radius 1 is 1.19 bits per heavy atom. The van der Waals surface area contributed by atoms with Crippen LogP contribution in [-0.2, 0) is 13.1 Å². The summed E-state index contributed by atoms with van der Waals surface area (Å²) in [5.74, 6) is 0.621. The van der Waals surface area contributed by atoms with Crippen molar-refractivity contribution in [2.75, 3.05) is 5.32 Å². The molecule has 0 aliphatic rings. The van der Waals surface area contributed by atoms with Crippen LogP contribution in [0.5, 0.6) is 0 Å². The lowest BCUT2D eigenvalue weighted by Crippen LogP contribution is -2.23. The number of benzene rings is 2. The van der Waals surface area contributed by atoms with E-state index in [4.69, 9.17) is 11.6 Å². The van der Waals surface area contributed by atoms with Gasteiger partial charge in [-0.1, -0.05) is 23.7 Å². The predicted molar refractivity (Wildman–Crippen MR) is 99.2 cm³/mol. The molecule has 8 heteroatoms. The summed E-state index contributed by atoms with van der Waals surface area (Å²) in [5, 5.41) is 12.4. The van der Waals surface area contributed by atoms with Gasteiger partial charge in [-0.2, -0.15) is 0 Å². The Bertz CT molecular complexity index is 1180. The fourth-order valence-electron chi connectivity index (χ4n) is 3.02. The minimum absolute atomic E-state index is 0.108. The van der Waals surface area contributed by atoms with Crippen LogP contribution in [0.2, 0.25) is 5.02 Å². The number of nitrogens with zero attached hydrogens (tertiary/aromatic N) is 4. The number of fused-ring (bicyclic) bond motifs is 3. The molecule has 0 aliphatic heterocycles. The van der Waals surface area contributed by atoms with Crippen LogP contribution in [0.15, 0.2) is 47.3 Å². The van der Waals surface area contributed by atoms with Gasteiger partial charge in [-0.3, -0.25) is 13.8 Å². The molecular weight excluding hydrogens is 357 g/mol. The molecule has 4 aromatic rings. The van der Waals surface area contributed by atoms with Gasteiger partial charge in [0.1, 0.15) is 5.82 Å². The molecule has 6 nitrogen and oxygen atoms in total. The van der Waals surface area contributed by atoms with Crippen molar-refractivity contribution in [2.45, 2.75) is 20.0 Å². The Morgan fingerprint density at radius 2 is 2.00 bits per heavy atom. The van der Waals surface area contributed by atoms with Gasteiger partial charge in [0.2, 0.25) is 5.78 Å². The number of nitrogens with one attached hydrogen (secondary N) is 1. The highest BCUT2D eigenvalue weighted by atomic mass is 35.5. The molecule has 132 valence electrons. The summed E-state index contributed by atoms with van der Waals surface area (Å²) < 4.78 is 17.3. The van der Waals surface area contributed by atoms with Gasteiger partial charge in [0.15, 0.2) is 5.82 Å². The van der Waals surface area contributed by atoms with Crippen molar-refractivity contribution in [3.63, 3.8) is 0 Å². The quantitative estimate of drug-likeness (QED) is 0.596. The van der Waals surface area contributed by atoms with Crippen molar-refractivity contribution < 1.29 is 4.39 Å². The fourth-order valence-corrected chi connectivity index (χ4v) is 3.19. The maximum Gasteiger partial charge on any atom is 0.262 e. The molecule has 0 aliphatic carbocycles. The smallest absolute Gasteiger partial charge is 0.262 e. The van der Waals surface area contributed by atoms with Crippen molar-refractivity contribution in [3.8, 4) is 0 Å². The Kier molecular flexibility index (Phi) is 4.08. The molecule has 0 amide bonds. The van der Waals surface area contributed by atoms with E-state index >= 15 is 0 Å². The van der Waals surface area contributed by atoms with E-state index < -0.39 is 5.82 Å². The Morgan fingerprint density at radius 3 is 2.81 bits per heavy atom. The van der Waals surface area contributed by atoms with Crippen LogP contribution < -0.4 is 10.9 Å². The van der Waals surface area contributed by atoms with Crippen molar-refractivity contribution in [1.29, 1.82) is 0 Å². The SMILES string of the molecule is CCn1c(=O)c2ccccc2n2c(CNc3cc(Cl)ccc3F)nnc12. The topological polar surface area (TPSA) is 64.2 Å². The molecule has 26 heavy (non-hydrogen) atoms. The molecule has 0 saturated heterocycles. The van der Waals surface area contributed by atoms with Gasteiger partial charge in [0, 0.05) is 11.6 Å². The van der Waals surface area contributed by atoms with Crippen molar-refractivity contribution in [2.24, 2.45) is 0 Å². The molecule has 0 atom stereocenters. The van der Waals surface area contributed by atoms with Crippen LogP contribution in [0.3, 0.4) is 0 Å². The first-order valence-corrected chi connectivity index (χ1v) is 8.52. The number of anilines is 1. The third-order valence-corrected chi connectivity index (χ3v) is 4.49. The van der Waals surface area contributed by atoms with E-state index in [0.29, 0.717) is 34.1 Å². The second-order valence-corrected chi connectivity index (χ2v) is 6.23. The third-order valence-electron chi connectivity index (χ3n) is 4.26. The molecule has 2 aromatic carbocycles. The molecule has 0 saturated carbocycles. The van der Waals surface area contributed by atoms with Crippen LogP contribution >= 0.6 is 11.6 Å². The first-order chi connectivity index (χ1) is 12.6. The fraction of sp³-hybridized carbons (Fsp3) is 0.167. The third kappa shape index (κ3) is 2.61. The molecular formula is C18H15ClFN5O. The van der Waals surface area contributed by atoms with E-state index in [1.807, 2.05) is 29.5 Å². The van der Waals surface area contributed by atoms with Gasteiger partial charge in [0.05, 0.1) is 23.1 Å². The van der Waals surface area contributed by atoms with Gasteiger partial charge in [0.25, 0.3) is 5.56 Å². The zero-order valence-electron chi connectivity index (χ0n) is 13.9. The number of para-hydroxylation sites is 1. The first kappa shape index (κ1) is 16.5. The minimum Gasteiger partial charge on any atom is -0.375 e. The number of aryl methyl sites for hydroxylation is 1. The van der Waals surface area contributed by atoms with E-state index in [-0.39, 0.29) is 17.8 Å². The number of halogens is 2. The summed E-state index contributed by atoms with van der Waals surface area (Å²) in [6.07, 6.45) is 0. The second kappa shape index (κ2) is 6.42. The zero-order chi connectivity index (χ0) is 18.3. The molecule has 0 fully saturated rings. The summed E-state index contributed by atoms with van der Waals surface area (Å²) in [7, 11) is 0. The van der Waals surface area contributed by atoms with Gasteiger partial charge in [-0.25, -0.2) is 4.39 Å². The predicted octanol–water partition coefficient (Wildman–Crippen LogP) is 3.47. The Labute approximate surface area is 152 Å². The average Bonchev–Trinajstić information content (AvgIpc) is 3.07. The standard InChI is InChI=1S/C18H15ClFN5O/c1-2-24-17(26)12-5-3-4-6-15(12)25-16(22-23-18(24)25)10-21-14-9-11(19)7-8-13(14)20/h3-9,21H,2,10H2,1H3. The molecule has 0 spiro atoms. The Hall–Kier alpha value is -2.93.